The molecule has 0 spiro atoms. The highest BCUT2D eigenvalue weighted by Crippen LogP contribution is 2.21. The maximum absolute atomic E-state index is 13.2. The lowest BCUT2D eigenvalue weighted by Crippen LogP contribution is -2.31. The molecule has 0 unspecified atom stereocenters. The van der Waals surface area contributed by atoms with Gasteiger partial charge in [-0.3, -0.25) is 9.78 Å². The minimum absolute atomic E-state index is 0.0645. The molecule has 1 aromatic heterocycles. The summed E-state index contributed by atoms with van der Waals surface area (Å²) in [4.78, 5) is 24.2. The van der Waals surface area contributed by atoms with E-state index >= 15 is 0 Å². The van der Waals surface area contributed by atoms with Crippen molar-refractivity contribution in [1.82, 2.24) is 9.55 Å². The molecule has 0 saturated heterocycles. The second kappa shape index (κ2) is 4.52. The van der Waals surface area contributed by atoms with Crippen LogP contribution in [0.4, 0.5) is 8.78 Å². The lowest BCUT2D eigenvalue weighted by molar-refractivity contribution is 0.386. The normalized spacial score (nSPS) is 10.6. The first kappa shape index (κ1) is 12.7. The summed E-state index contributed by atoms with van der Waals surface area (Å²) in [6, 6.07) is 3.34. The van der Waals surface area contributed by atoms with Crippen LogP contribution in [0.25, 0.3) is 5.69 Å². The van der Waals surface area contributed by atoms with Gasteiger partial charge in [0.15, 0.2) is 0 Å². The predicted octanol–water partition coefficient (Wildman–Crippen LogP) is 1.11. The minimum Gasteiger partial charge on any atom is -0.492 e. The maximum atomic E-state index is 13.2. The fraction of sp³-hybridized carbons (Fsp3) is 0. The molecule has 0 amide bonds. The molecule has 0 fully saturated rings. The Morgan fingerprint density at radius 3 is 2.56 bits per heavy atom. The van der Waals surface area contributed by atoms with E-state index in [4.69, 9.17) is 0 Å². The molecule has 0 bridgehead atoms. The van der Waals surface area contributed by atoms with Gasteiger partial charge < -0.3 is 5.11 Å². The average Bonchev–Trinajstić information content (AvgIpc) is 2.29. The Bertz CT molecular complexity index is 739. The lowest BCUT2D eigenvalue weighted by Gasteiger charge is -2.09. The number of hydrogen-bond donors (Lipinski definition) is 2. The standard InChI is InChI=1S/C10H5F2IN2O3/c11-4-1-2-6(5(13)3-4)15-9(17)7(12)8(16)14-10(15)18/h1-3,17H,(H,14,16,18). The second-order valence-corrected chi connectivity index (χ2v) is 4.49. The number of rotatable bonds is 1. The van der Waals surface area contributed by atoms with Crippen molar-refractivity contribution in [2.75, 3.05) is 0 Å². The van der Waals surface area contributed by atoms with Crippen molar-refractivity contribution < 1.29 is 13.9 Å². The molecule has 0 radical (unpaired) electrons. The molecular formula is C10H5F2IN2O3. The number of aromatic hydroxyl groups is 1. The van der Waals surface area contributed by atoms with Gasteiger partial charge >= 0.3 is 5.69 Å². The maximum Gasteiger partial charge on any atom is 0.335 e. The summed E-state index contributed by atoms with van der Waals surface area (Å²) in [5.74, 6) is -3.14. The Morgan fingerprint density at radius 2 is 1.94 bits per heavy atom. The van der Waals surface area contributed by atoms with Crippen LogP contribution >= 0.6 is 22.6 Å². The highest BCUT2D eigenvalue weighted by atomic mass is 127. The molecule has 0 saturated carbocycles. The molecule has 2 aromatic rings. The molecule has 0 aliphatic carbocycles. The molecule has 18 heavy (non-hydrogen) atoms. The van der Waals surface area contributed by atoms with Crippen molar-refractivity contribution in [1.29, 1.82) is 0 Å². The number of benzene rings is 1. The van der Waals surface area contributed by atoms with E-state index in [9.17, 15) is 23.5 Å². The molecule has 94 valence electrons. The SMILES string of the molecule is O=c1[nH]c(=O)n(-c2ccc(F)cc2I)c(O)c1F. The molecule has 2 N–H and O–H groups in total. The second-order valence-electron chi connectivity index (χ2n) is 3.33. The molecule has 0 aliphatic rings. The van der Waals surface area contributed by atoms with Crippen LogP contribution in [0.5, 0.6) is 5.88 Å². The highest BCUT2D eigenvalue weighted by molar-refractivity contribution is 14.1. The van der Waals surface area contributed by atoms with E-state index < -0.39 is 28.8 Å². The van der Waals surface area contributed by atoms with Crippen molar-refractivity contribution in [3.8, 4) is 11.6 Å². The van der Waals surface area contributed by atoms with Crippen molar-refractivity contribution in [2.45, 2.75) is 0 Å². The zero-order valence-electron chi connectivity index (χ0n) is 8.58. The third-order valence-corrected chi connectivity index (χ3v) is 3.05. The van der Waals surface area contributed by atoms with E-state index in [1.54, 1.807) is 27.6 Å². The van der Waals surface area contributed by atoms with Gasteiger partial charge in [-0.15, -0.1) is 0 Å². The smallest absolute Gasteiger partial charge is 0.335 e. The van der Waals surface area contributed by atoms with Crippen LogP contribution in [0.3, 0.4) is 0 Å². The lowest BCUT2D eigenvalue weighted by atomic mass is 10.3. The first-order valence-electron chi connectivity index (χ1n) is 4.61. The number of hydrogen-bond acceptors (Lipinski definition) is 3. The quantitative estimate of drug-likeness (QED) is 0.743. The zero-order valence-corrected chi connectivity index (χ0v) is 10.7. The number of aromatic nitrogens is 2. The van der Waals surface area contributed by atoms with Gasteiger partial charge in [-0.2, -0.15) is 4.39 Å². The third-order valence-electron chi connectivity index (χ3n) is 2.18. The molecule has 0 aliphatic heterocycles. The van der Waals surface area contributed by atoms with Gasteiger partial charge in [0, 0.05) is 3.57 Å². The summed E-state index contributed by atoms with van der Waals surface area (Å²) in [6.07, 6.45) is 0. The van der Waals surface area contributed by atoms with Crippen LogP contribution in [0, 0.1) is 15.2 Å². The summed E-state index contributed by atoms with van der Waals surface area (Å²) in [5.41, 5.74) is -2.26. The van der Waals surface area contributed by atoms with Crippen molar-refractivity contribution in [3.63, 3.8) is 0 Å². The van der Waals surface area contributed by atoms with Crippen molar-refractivity contribution >= 4 is 22.6 Å². The van der Waals surface area contributed by atoms with Crippen LogP contribution in [-0.2, 0) is 0 Å². The third kappa shape index (κ3) is 2.03. The van der Waals surface area contributed by atoms with Gasteiger partial charge in [0.25, 0.3) is 5.56 Å². The number of H-pyrrole nitrogens is 1. The van der Waals surface area contributed by atoms with Crippen molar-refractivity contribution in [2.24, 2.45) is 0 Å². The van der Waals surface area contributed by atoms with Gasteiger partial charge in [-0.1, -0.05) is 0 Å². The zero-order chi connectivity index (χ0) is 13.4. The van der Waals surface area contributed by atoms with Gasteiger partial charge in [0.1, 0.15) is 5.82 Å². The van der Waals surface area contributed by atoms with Crippen LogP contribution in [0.1, 0.15) is 0 Å². The molecule has 2 rings (SSSR count). The highest BCUT2D eigenvalue weighted by Gasteiger charge is 2.16. The molecule has 1 aromatic carbocycles. The van der Waals surface area contributed by atoms with E-state index in [0.717, 1.165) is 12.1 Å². The first-order chi connectivity index (χ1) is 8.41. The Labute approximate surface area is 112 Å². The Hall–Kier alpha value is -1.71. The van der Waals surface area contributed by atoms with Crippen LogP contribution < -0.4 is 11.2 Å². The van der Waals surface area contributed by atoms with Gasteiger partial charge in [0.2, 0.25) is 11.7 Å². The number of nitrogens with one attached hydrogen (secondary N) is 1. The summed E-state index contributed by atoms with van der Waals surface area (Å²) in [6.45, 7) is 0. The molecule has 1 heterocycles. The van der Waals surface area contributed by atoms with E-state index in [-0.39, 0.29) is 9.26 Å². The Morgan fingerprint density at radius 1 is 1.28 bits per heavy atom. The topological polar surface area (TPSA) is 75.1 Å². The fourth-order valence-electron chi connectivity index (χ4n) is 1.39. The van der Waals surface area contributed by atoms with Crippen molar-refractivity contribution in [3.05, 3.63) is 54.2 Å². The summed E-state index contributed by atoms with van der Waals surface area (Å²) in [5, 5.41) is 9.48. The van der Waals surface area contributed by atoms with Crippen LogP contribution in [-0.4, -0.2) is 14.7 Å². The number of nitrogens with zero attached hydrogens (tertiary/aromatic N) is 1. The van der Waals surface area contributed by atoms with Gasteiger partial charge in [-0.05, 0) is 40.8 Å². The average molecular weight is 366 g/mol. The van der Waals surface area contributed by atoms with Crippen LogP contribution in [0.15, 0.2) is 27.8 Å². The minimum atomic E-state index is -1.48. The fourth-order valence-corrected chi connectivity index (χ4v) is 2.11. The molecule has 0 atom stereocenters. The molecule has 5 nitrogen and oxygen atoms in total. The Kier molecular flexibility index (Phi) is 3.20. The largest absolute Gasteiger partial charge is 0.492 e. The summed E-state index contributed by atoms with van der Waals surface area (Å²) in [7, 11) is 0. The van der Waals surface area contributed by atoms with E-state index in [2.05, 4.69) is 0 Å². The van der Waals surface area contributed by atoms with Crippen LogP contribution in [0.2, 0.25) is 0 Å². The first-order valence-corrected chi connectivity index (χ1v) is 5.69. The molecule has 8 heteroatoms. The Balaban J connectivity index is 2.84. The molecular weight excluding hydrogens is 361 g/mol. The predicted molar refractivity (Wildman–Crippen MR) is 67.0 cm³/mol. The van der Waals surface area contributed by atoms with E-state index in [0.29, 0.717) is 4.57 Å². The summed E-state index contributed by atoms with van der Waals surface area (Å²) >= 11 is 1.72. The number of halogens is 3. The van der Waals surface area contributed by atoms with Gasteiger partial charge in [-0.25, -0.2) is 13.8 Å². The monoisotopic (exact) mass is 366 g/mol. The van der Waals surface area contributed by atoms with E-state index in [1.807, 2.05) is 0 Å². The van der Waals surface area contributed by atoms with Gasteiger partial charge in [0.05, 0.1) is 5.69 Å². The summed E-state index contributed by atoms with van der Waals surface area (Å²) < 4.78 is 27.0. The van der Waals surface area contributed by atoms with E-state index in [1.165, 1.54) is 6.07 Å². The number of aromatic amines is 1.